The van der Waals surface area contributed by atoms with Crippen LogP contribution in [0.1, 0.15) is 10.4 Å². The van der Waals surface area contributed by atoms with Crippen LogP contribution in [-0.2, 0) is 6.54 Å². The second kappa shape index (κ2) is 5.29. The van der Waals surface area contributed by atoms with E-state index in [1.165, 1.54) is 0 Å². The van der Waals surface area contributed by atoms with Gasteiger partial charge in [-0.2, -0.15) is 0 Å². The smallest absolute Gasteiger partial charge is 0.0515 e. The van der Waals surface area contributed by atoms with E-state index in [4.69, 9.17) is 17.3 Å². The molecule has 2 nitrogen and oxygen atoms in total. The van der Waals surface area contributed by atoms with Crippen LogP contribution >= 0.6 is 38.9 Å². The van der Waals surface area contributed by atoms with Crippen LogP contribution in [0, 0.1) is 6.92 Å². The minimum absolute atomic E-state index is 0.710. The molecule has 5 heteroatoms. The molecular weight excluding hydrogens is 320 g/mol. The number of thiophene rings is 1. The van der Waals surface area contributed by atoms with E-state index in [-0.39, 0.29) is 0 Å². The molecule has 2 aromatic rings. The number of hydrogen-bond acceptors (Lipinski definition) is 3. The Labute approximate surface area is 118 Å². The number of nitrogen functional groups attached to an aromatic ring is 1. The number of nitrogens with one attached hydrogen (secondary N) is 1. The molecule has 0 aliphatic heterocycles. The first-order valence-electron chi connectivity index (χ1n) is 5.09. The van der Waals surface area contributed by atoms with Gasteiger partial charge in [0.1, 0.15) is 0 Å². The number of rotatable bonds is 3. The minimum atomic E-state index is 0.710. The first-order chi connectivity index (χ1) is 8.08. The summed E-state index contributed by atoms with van der Waals surface area (Å²) in [5.41, 5.74) is 8.70. The van der Waals surface area contributed by atoms with E-state index in [0.717, 1.165) is 31.3 Å². The lowest BCUT2D eigenvalue weighted by atomic mass is 10.2. The molecule has 0 unspecified atom stereocenters. The molecule has 1 aromatic carbocycles. The quantitative estimate of drug-likeness (QED) is 0.858. The van der Waals surface area contributed by atoms with Gasteiger partial charge in [0.25, 0.3) is 0 Å². The molecule has 17 heavy (non-hydrogen) atoms. The third-order valence-electron chi connectivity index (χ3n) is 2.47. The average Bonchev–Trinajstić information content (AvgIpc) is 2.68. The normalized spacial score (nSPS) is 10.5. The Morgan fingerprint density at radius 2 is 2.24 bits per heavy atom. The molecule has 0 bridgehead atoms. The van der Waals surface area contributed by atoms with E-state index in [1.807, 2.05) is 30.5 Å². The molecule has 0 aliphatic carbocycles. The number of anilines is 2. The lowest BCUT2D eigenvalue weighted by Crippen LogP contribution is -2.01. The van der Waals surface area contributed by atoms with Crippen LogP contribution in [0.3, 0.4) is 0 Å². The van der Waals surface area contributed by atoms with Crippen molar-refractivity contribution < 1.29 is 0 Å². The summed E-state index contributed by atoms with van der Waals surface area (Å²) in [6, 6.07) is 5.84. The molecule has 0 atom stereocenters. The maximum absolute atomic E-state index is 6.09. The van der Waals surface area contributed by atoms with Crippen molar-refractivity contribution in [3.63, 3.8) is 0 Å². The highest BCUT2D eigenvalue weighted by molar-refractivity contribution is 9.10. The third-order valence-corrected chi connectivity index (χ3v) is 4.47. The summed E-state index contributed by atoms with van der Waals surface area (Å²) < 4.78 is 1.01. The highest BCUT2D eigenvalue weighted by atomic mass is 79.9. The van der Waals surface area contributed by atoms with E-state index >= 15 is 0 Å². The van der Waals surface area contributed by atoms with Crippen LogP contribution in [0.15, 0.2) is 28.1 Å². The number of halogens is 2. The van der Waals surface area contributed by atoms with E-state index in [0.29, 0.717) is 6.54 Å². The van der Waals surface area contributed by atoms with Crippen molar-refractivity contribution in [2.45, 2.75) is 13.5 Å². The molecule has 0 radical (unpaired) electrons. The van der Waals surface area contributed by atoms with Crippen molar-refractivity contribution in [3.05, 3.63) is 43.5 Å². The minimum Gasteiger partial charge on any atom is -0.398 e. The van der Waals surface area contributed by atoms with Crippen molar-refractivity contribution in [2.24, 2.45) is 0 Å². The summed E-state index contributed by atoms with van der Waals surface area (Å²) in [6.45, 7) is 2.69. The largest absolute Gasteiger partial charge is 0.398 e. The Morgan fingerprint density at radius 3 is 2.88 bits per heavy atom. The summed E-state index contributed by atoms with van der Waals surface area (Å²) >= 11 is 11.3. The second-order valence-corrected chi connectivity index (χ2v) is 6.00. The third kappa shape index (κ3) is 2.94. The number of aryl methyl sites for hydroxylation is 1. The van der Waals surface area contributed by atoms with Gasteiger partial charge in [-0.3, -0.25) is 0 Å². The van der Waals surface area contributed by atoms with Gasteiger partial charge in [0.15, 0.2) is 0 Å². The standard InChI is InChI=1S/C12H12BrClN2S/c1-7-4-8(13)11(5-9(7)14)16-6-12-10(15)2-3-17-12/h2-5,16H,6,15H2,1H3. The van der Waals surface area contributed by atoms with Crippen molar-refractivity contribution >= 4 is 50.2 Å². The lowest BCUT2D eigenvalue weighted by Gasteiger charge is -2.10. The predicted octanol–water partition coefficient (Wildman–Crippen LogP) is 4.67. The fourth-order valence-corrected chi connectivity index (χ4v) is 2.95. The van der Waals surface area contributed by atoms with Gasteiger partial charge in [-0.05, 0) is 52.0 Å². The monoisotopic (exact) mass is 330 g/mol. The highest BCUT2D eigenvalue weighted by Gasteiger charge is 2.05. The van der Waals surface area contributed by atoms with Crippen LogP contribution in [0.2, 0.25) is 5.02 Å². The van der Waals surface area contributed by atoms with Crippen molar-refractivity contribution in [1.82, 2.24) is 0 Å². The molecule has 0 amide bonds. The molecule has 0 fully saturated rings. The van der Waals surface area contributed by atoms with Crippen LogP contribution in [0.5, 0.6) is 0 Å². The van der Waals surface area contributed by atoms with Crippen molar-refractivity contribution in [1.29, 1.82) is 0 Å². The Hall–Kier alpha value is -0.710. The number of hydrogen-bond donors (Lipinski definition) is 2. The van der Waals surface area contributed by atoms with Crippen molar-refractivity contribution in [2.75, 3.05) is 11.1 Å². The van der Waals surface area contributed by atoms with E-state index in [1.54, 1.807) is 11.3 Å². The molecule has 0 saturated heterocycles. The molecule has 1 aromatic heterocycles. The zero-order valence-electron chi connectivity index (χ0n) is 9.26. The average molecular weight is 332 g/mol. The number of benzene rings is 1. The highest BCUT2D eigenvalue weighted by Crippen LogP contribution is 2.30. The molecule has 3 N–H and O–H groups in total. The molecule has 0 aliphatic rings. The van der Waals surface area contributed by atoms with Gasteiger partial charge in [-0.15, -0.1) is 11.3 Å². The summed E-state index contributed by atoms with van der Waals surface area (Å²) in [4.78, 5) is 1.13. The summed E-state index contributed by atoms with van der Waals surface area (Å²) in [6.07, 6.45) is 0. The predicted molar refractivity (Wildman–Crippen MR) is 79.9 cm³/mol. The van der Waals surface area contributed by atoms with Gasteiger partial charge in [0.2, 0.25) is 0 Å². The zero-order chi connectivity index (χ0) is 12.4. The summed E-state index contributed by atoms with van der Waals surface area (Å²) in [5.74, 6) is 0. The van der Waals surface area contributed by atoms with E-state index in [2.05, 4.69) is 21.2 Å². The maximum atomic E-state index is 6.09. The van der Waals surface area contributed by atoms with Crippen LogP contribution < -0.4 is 11.1 Å². The van der Waals surface area contributed by atoms with Crippen LogP contribution in [-0.4, -0.2) is 0 Å². The van der Waals surface area contributed by atoms with E-state index < -0.39 is 0 Å². The lowest BCUT2D eigenvalue weighted by molar-refractivity contribution is 1.19. The van der Waals surface area contributed by atoms with Crippen molar-refractivity contribution in [3.8, 4) is 0 Å². The Kier molecular flexibility index (Phi) is 3.97. The molecule has 90 valence electrons. The molecule has 1 heterocycles. The zero-order valence-corrected chi connectivity index (χ0v) is 12.4. The second-order valence-electron chi connectivity index (χ2n) is 3.73. The summed E-state index contributed by atoms with van der Waals surface area (Å²) in [5, 5.41) is 6.07. The van der Waals surface area contributed by atoms with Crippen LogP contribution in [0.4, 0.5) is 11.4 Å². The van der Waals surface area contributed by atoms with Gasteiger partial charge in [0.05, 0.1) is 12.2 Å². The van der Waals surface area contributed by atoms with E-state index in [9.17, 15) is 0 Å². The number of nitrogens with two attached hydrogens (primary N) is 1. The van der Waals surface area contributed by atoms with Gasteiger partial charge in [-0.1, -0.05) is 11.6 Å². The molecule has 0 spiro atoms. The Bertz CT molecular complexity index is 539. The van der Waals surface area contributed by atoms with Gasteiger partial charge in [-0.25, -0.2) is 0 Å². The fraction of sp³-hybridized carbons (Fsp3) is 0.167. The Morgan fingerprint density at radius 1 is 1.47 bits per heavy atom. The van der Waals surface area contributed by atoms with Gasteiger partial charge >= 0.3 is 0 Å². The van der Waals surface area contributed by atoms with Crippen LogP contribution in [0.25, 0.3) is 0 Å². The summed E-state index contributed by atoms with van der Waals surface area (Å²) in [7, 11) is 0. The Balaban J connectivity index is 2.14. The molecular formula is C12H12BrClN2S. The molecule has 2 rings (SSSR count). The topological polar surface area (TPSA) is 38.0 Å². The van der Waals surface area contributed by atoms with Gasteiger partial charge in [0, 0.05) is 20.1 Å². The first kappa shape index (κ1) is 12.7. The fourth-order valence-electron chi connectivity index (χ4n) is 1.45. The SMILES string of the molecule is Cc1cc(Br)c(NCc2sccc2N)cc1Cl. The first-order valence-corrected chi connectivity index (χ1v) is 7.14. The maximum Gasteiger partial charge on any atom is 0.0515 e. The molecule has 0 saturated carbocycles. The van der Waals surface area contributed by atoms with Gasteiger partial charge < -0.3 is 11.1 Å².